The molecule has 0 bridgehead atoms. The number of nitrogen functional groups attached to an aromatic ring is 1. The summed E-state index contributed by atoms with van der Waals surface area (Å²) < 4.78 is 6.88. The normalized spacial score (nSPS) is 10.6. The SMILES string of the molecule is Nc1cccc2c(Oc3cccc(Br)c3)ccnc12. The molecule has 0 radical (unpaired) electrons. The summed E-state index contributed by atoms with van der Waals surface area (Å²) in [7, 11) is 0. The van der Waals surface area contributed by atoms with Crippen LogP contribution in [0.15, 0.2) is 59.2 Å². The van der Waals surface area contributed by atoms with Crippen LogP contribution in [0.2, 0.25) is 0 Å². The molecule has 0 spiro atoms. The van der Waals surface area contributed by atoms with Crippen molar-refractivity contribution in [2.24, 2.45) is 0 Å². The molecule has 3 nitrogen and oxygen atoms in total. The quantitative estimate of drug-likeness (QED) is 0.714. The number of anilines is 1. The van der Waals surface area contributed by atoms with Gasteiger partial charge in [-0.2, -0.15) is 0 Å². The van der Waals surface area contributed by atoms with Crippen molar-refractivity contribution in [3.63, 3.8) is 0 Å². The molecule has 2 N–H and O–H groups in total. The van der Waals surface area contributed by atoms with E-state index in [2.05, 4.69) is 20.9 Å². The van der Waals surface area contributed by atoms with Gasteiger partial charge in [-0.05, 0) is 36.4 Å². The van der Waals surface area contributed by atoms with Gasteiger partial charge < -0.3 is 10.5 Å². The number of nitrogens with two attached hydrogens (primary N) is 1. The fourth-order valence-corrected chi connectivity index (χ4v) is 2.30. The van der Waals surface area contributed by atoms with Gasteiger partial charge >= 0.3 is 0 Å². The highest BCUT2D eigenvalue weighted by atomic mass is 79.9. The van der Waals surface area contributed by atoms with Gasteiger partial charge in [0.25, 0.3) is 0 Å². The Balaban J connectivity index is 2.08. The minimum absolute atomic E-state index is 0.650. The summed E-state index contributed by atoms with van der Waals surface area (Å²) in [5.74, 6) is 1.51. The average Bonchev–Trinajstić information content (AvgIpc) is 2.40. The highest BCUT2D eigenvalue weighted by molar-refractivity contribution is 9.10. The highest BCUT2D eigenvalue weighted by Crippen LogP contribution is 2.31. The van der Waals surface area contributed by atoms with Crippen LogP contribution in [-0.2, 0) is 0 Å². The van der Waals surface area contributed by atoms with Crippen LogP contribution < -0.4 is 10.5 Å². The zero-order chi connectivity index (χ0) is 13.2. The van der Waals surface area contributed by atoms with Gasteiger partial charge in [0.2, 0.25) is 0 Å². The number of rotatable bonds is 2. The van der Waals surface area contributed by atoms with Gasteiger partial charge in [0.05, 0.1) is 11.2 Å². The van der Waals surface area contributed by atoms with E-state index >= 15 is 0 Å². The number of benzene rings is 2. The van der Waals surface area contributed by atoms with Crippen LogP contribution in [0.5, 0.6) is 11.5 Å². The van der Waals surface area contributed by atoms with Crippen molar-refractivity contribution in [2.75, 3.05) is 5.73 Å². The molecule has 1 heterocycles. The first-order valence-electron chi connectivity index (χ1n) is 5.81. The van der Waals surface area contributed by atoms with Gasteiger partial charge in [-0.3, -0.25) is 4.98 Å². The molecule has 0 saturated carbocycles. The van der Waals surface area contributed by atoms with Crippen molar-refractivity contribution in [3.8, 4) is 11.5 Å². The number of halogens is 1. The first kappa shape index (κ1) is 12.0. The molecule has 2 aromatic carbocycles. The summed E-state index contributed by atoms with van der Waals surface area (Å²) in [6.45, 7) is 0. The van der Waals surface area contributed by atoms with E-state index in [-0.39, 0.29) is 0 Å². The molecule has 94 valence electrons. The maximum absolute atomic E-state index is 5.92. The number of ether oxygens (including phenoxy) is 1. The fraction of sp³-hybridized carbons (Fsp3) is 0. The van der Waals surface area contributed by atoms with Crippen molar-refractivity contribution in [3.05, 3.63) is 59.2 Å². The Hall–Kier alpha value is -2.07. The lowest BCUT2D eigenvalue weighted by atomic mass is 10.2. The molecule has 19 heavy (non-hydrogen) atoms. The molecule has 0 amide bonds. The van der Waals surface area contributed by atoms with Crippen LogP contribution in [0, 0.1) is 0 Å². The number of pyridine rings is 1. The summed E-state index contributed by atoms with van der Waals surface area (Å²) in [5, 5.41) is 0.905. The van der Waals surface area contributed by atoms with E-state index in [4.69, 9.17) is 10.5 Å². The molecule has 4 heteroatoms. The molecule has 0 aliphatic heterocycles. The summed E-state index contributed by atoms with van der Waals surface area (Å²) in [4.78, 5) is 4.29. The zero-order valence-electron chi connectivity index (χ0n) is 10.0. The molecular formula is C15H11BrN2O. The van der Waals surface area contributed by atoms with Crippen LogP contribution in [0.25, 0.3) is 10.9 Å². The van der Waals surface area contributed by atoms with Gasteiger partial charge in [-0.1, -0.05) is 28.1 Å². The Morgan fingerprint density at radius 2 is 1.89 bits per heavy atom. The van der Waals surface area contributed by atoms with Crippen LogP contribution >= 0.6 is 15.9 Å². The number of para-hydroxylation sites is 1. The molecular weight excluding hydrogens is 304 g/mol. The average molecular weight is 315 g/mol. The Labute approximate surface area is 119 Å². The Bertz CT molecular complexity index is 743. The van der Waals surface area contributed by atoms with Gasteiger partial charge in [0.1, 0.15) is 11.5 Å². The lowest BCUT2D eigenvalue weighted by molar-refractivity contribution is 0.487. The van der Waals surface area contributed by atoms with Crippen molar-refractivity contribution in [1.29, 1.82) is 0 Å². The molecule has 0 atom stereocenters. The largest absolute Gasteiger partial charge is 0.457 e. The summed E-state index contributed by atoms with van der Waals surface area (Å²) in [5.41, 5.74) is 7.33. The topological polar surface area (TPSA) is 48.1 Å². The monoisotopic (exact) mass is 314 g/mol. The van der Waals surface area contributed by atoms with Gasteiger partial charge in [0.15, 0.2) is 0 Å². The maximum Gasteiger partial charge on any atom is 0.138 e. The van der Waals surface area contributed by atoms with Gasteiger partial charge in [-0.15, -0.1) is 0 Å². The van der Waals surface area contributed by atoms with Crippen LogP contribution in [-0.4, -0.2) is 4.98 Å². The minimum atomic E-state index is 0.650. The molecule has 0 fully saturated rings. The van der Waals surface area contributed by atoms with Crippen LogP contribution in [0.4, 0.5) is 5.69 Å². The van der Waals surface area contributed by atoms with Crippen molar-refractivity contribution < 1.29 is 4.74 Å². The minimum Gasteiger partial charge on any atom is -0.457 e. The standard InChI is InChI=1S/C15H11BrN2O/c16-10-3-1-4-11(9-10)19-14-7-8-18-15-12(14)5-2-6-13(15)17/h1-9H,17H2. The van der Waals surface area contributed by atoms with Crippen molar-refractivity contribution in [2.45, 2.75) is 0 Å². The zero-order valence-corrected chi connectivity index (χ0v) is 11.6. The smallest absolute Gasteiger partial charge is 0.138 e. The molecule has 0 unspecified atom stereocenters. The number of nitrogens with zero attached hydrogens (tertiary/aromatic N) is 1. The molecule has 1 aromatic heterocycles. The second-order valence-electron chi connectivity index (χ2n) is 4.11. The third-order valence-corrected chi connectivity index (χ3v) is 3.28. The molecule has 0 aliphatic rings. The third-order valence-electron chi connectivity index (χ3n) is 2.79. The lowest BCUT2D eigenvalue weighted by Crippen LogP contribution is -1.92. The van der Waals surface area contributed by atoms with E-state index in [0.717, 1.165) is 26.9 Å². The summed E-state index contributed by atoms with van der Waals surface area (Å²) >= 11 is 3.42. The number of hydrogen-bond donors (Lipinski definition) is 1. The first-order valence-corrected chi connectivity index (χ1v) is 6.60. The second kappa shape index (κ2) is 4.90. The lowest BCUT2D eigenvalue weighted by Gasteiger charge is -2.09. The third kappa shape index (κ3) is 2.39. The Morgan fingerprint density at radius 3 is 2.74 bits per heavy atom. The van der Waals surface area contributed by atoms with E-state index in [0.29, 0.717) is 5.69 Å². The Morgan fingerprint density at radius 1 is 1.05 bits per heavy atom. The van der Waals surface area contributed by atoms with E-state index < -0.39 is 0 Å². The van der Waals surface area contributed by atoms with Crippen molar-refractivity contribution in [1.82, 2.24) is 4.98 Å². The predicted octanol–water partition coefficient (Wildman–Crippen LogP) is 4.37. The number of fused-ring (bicyclic) bond motifs is 1. The molecule has 3 aromatic rings. The molecule has 0 aliphatic carbocycles. The van der Waals surface area contributed by atoms with E-state index in [9.17, 15) is 0 Å². The first-order chi connectivity index (χ1) is 9.24. The number of hydrogen-bond acceptors (Lipinski definition) is 3. The molecule has 0 saturated heterocycles. The van der Waals surface area contributed by atoms with E-state index in [1.807, 2.05) is 48.5 Å². The summed E-state index contributed by atoms with van der Waals surface area (Å²) in [6, 6.07) is 15.2. The fourth-order valence-electron chi connectivity index (χ4n) is 1.92. The van der Waals surface area contributed by atoms with E-state index in [1.165, 1.54) is 0 Å². The maximum atomic E-state index is 5.92. The molecule has 3 rings (SSSR count). The predicted molar refractivity (Wildman–Crippen MR) is 80.4 cm³/mol. The summed E-state index contributed by atoms with van der Waals surface area (Å²) in [6.07, 6.45) is 1.70. The van der Waals surface area contributed by atoms with Crippen LogP contribution in [0.1, 0.15) is 0 Å². The van der Waals surface area contributed by atoms with Crippen molar-refractivity contribution >= 4 is 32.5 Å². The second-order valence-corrected chi connectivity index (χ2v) is 5.03. The highest BCUT2D eigenvalue weighted by Gasteiger charge is 2.06. The van der Waals surface area contributed by atoms with Gasteiger partial charge in [0, 0.05) is 16.1 Å². The number of aromatic nitrogens is 1. The van der Waals surface area contributed by atoms with Gasteiger partial charge in [-0.25, -0.2) is 0 Å². The van der Waals surface area contributed by atoms with E-state index in [1.54, 1.807) is 6.20 Å². The van der Waals surface area contributed by atoms with Crippen LogP contribution in [0.3, 0.4) is 0 Å². The Kier molecular flexibility index (Phi) is 3.09.